The van der Waals surface area contributed by atoms with Gasteiger partial charge in [0.15, 0.2) is 4.87 Å². The molecular formula is C4H3Cl4N. The number of nitriles is 1. The van der Waals surface area contributed by atoms with E-state index in [2.05, 4.69) is 0 Å². The Morgan fingerprint density at radius 3 is 2.00 bits per heavy atom. The summed E-state index contributed by atoms with van der Waals surface area (Å²) in [7, 11) is 0. The number of hydrogen-bond acceptors (Lipinski definition) is 1. The van der Waals surface area contributed by atoms with Gasteiger partial charge in [-0.1, -0.05) is 11.6 Å². The predicted octanol–water partition coefficient (Wildman–Crippen LogP) is 2.53. The van der Waals surface area contributed by atoms with Gasteiger partial charge in [-0.3, -0.25) is 0 Å². The zero-order valence-electron chi connectivity index (χ0n) is 4.24. The van der Waals surface area contributed by atoms with E-state index in [-0.39, 0.29) is 5.88 Å². The predicted molar refractivity (Wildman–Crippen MR) is 40.4 cm³/mol. The Morgan fingerprint density at radius 1 is 1.56 bits per heavy atom. The molecule has 0 heterocycles. The second-order valence-electron chi connectivity index (χ2n) is 1.41. The summed E-state index contributed by atoms with van der Waals surface area (Å²) in [6, 6.07) is 1.70. The Kier molecular flexibility index (Phi) is 4.00. The van der Waals surface area contributed by atoms with Crippen LogP contribution in [0.25, 0.3) is 0 Å². The zero-order chi connectivity index (χ0) is 7.49. The lowest BCUT2D eigenvalue weighted by Crippen LogP contribution is -2.29. The third kappa shape index (κ3) is 2.39. The van der Waals surface area contributed by atoms with Gasteiger partial charge < -0.3 is 0 Å². The fourth-order valence-electron chi connectivity index (χ4n) is 0.137. The van der Waals surface area contributed by atoms with Crippen molar-refractivity contribution in [3.63, 3.8) is 0 Å². The van der Waals surface area contributed by atoms with E-state index in [0.29, 0.717) is 0 Å². The second kappa shape index (κ2) is 3.73. The summed E-state index contributed by atoms with van der Waals surface area (Å²) in [6.07, 6.45) is 0. The van der Waals surface area contributed by atoms with E-state index in [1.54, 1.807) is 6.07 Å². The molecule has 0 N–H and O–H groups in total. The Labute approximate surface area is 73.4 Å². The molecule has 0 unspecified atom stereocenters. The lowest BCUT2D eigenvalue weighted by atomic mass is 10.2. The van der Waals surface area contributed by atoms with Crippen molar-refractivity contribution in [3.8, 4) is 6.07 Å². The first-order chi connectivity index (χ1) is 4.06. The van der Waals surface area contributed by atoms with Gasteiger partial charge in [0.2, 0.25) is 0 Å². The summed E-state index contributed by atoms with van der Waals surface area (Å²) < 4.78 is 0. The van der Waals surface area contributed by atoms with E-state index in [9.17, 15) is 0 Å². The van der Waals surface area contributed by atoms with Crippen molar-refractivity contribution in [3.05, 3.63) is 0 Å². The van der Waals surface area contributed by atoms with E-state index in [0.717, 1.165) is 0 Å². The van der Waals surface area contributed by atoms with Crippen molar-refractivity contribution < 1.29 is 0 Å². The van der Waals surface area contributed by atoms with E-state index in [1.807, 2.05) is 0 Å². The molecule has 0 rings (SSSR count). The first-order valence-electron chi connectivity index (χ1n) is 2.01. The number of alkyl halides is 4. The molecule has 0 aliphatic heterocycles. The highest BCUT2D eigenvalue weighted by atomic mass is 35.5. The quantitative estimate of drug-likeness (QED) is 0.638. The SMILES string of the molecule is N#C[C@](Cl)(CCl)C(Cl)Cl. The monoisotopic (exact) mass is 205 g/mol. The van der Waals surface area contributed by atoms with Crippen molar-refractivity contribution >= 4 is 46.4 Å². The Hall–Kier alpha value is 0.650. The van der Waals surface area contributed by atoms with Gasteiger partial charge >= 0.3 is 0 Å². The van der Waals surface area contributed by atoms with Crippen LogP contribution in [-0.4, -0.2) is 15.6 Å². The van der Waals surface area contributed by atoms with Crippen LogP contribution in [0.4, 0.5) is 0 Å². The molecule has 0 aromatic heterocycles. The maximum Gasteiger partial charge on any atom is 0.174 e. The van der Waals surface area contributed by atoms with Crippen molar-refractivity contribution in [2.24, 2.45) is 0 Å². The molecule has 0 aliphatic rings. The summed E-state index contributed by atoms with van der Waals surface area (Å²) in [5, 5.41) is 8.32. The van der Waals surface area contributed by atoms with Crippen LogP contribution in [0, 0.1) is 11.3 Å². The average Bonchev–Trinajstić information content (AvgIpc) is 1.86. The number of halogens is 4. The van der Waals surface area contributed by atoms with Gasteiger partial charge in [0.05, 0.1) is 11.9 Å². The van der Waals surface area contributed by atoms with Crippen molar-refractivity contribution in [1.82, 2.24) is 0 Å². The van der Waals surface area contributed by atoms with Crippen LogP contribution in [0.2, 0.25) is 0 Å². The summed E-state index contributed by atoms with van der Waals surface area (Å²) >= 11 is 21.4. The normalized spacial score (nSPS) is 16.9. The second-order valence-corrected chi connectivity index (χ2v) is 3.45. The van der Waals surface area contributed by atoms with E-state index >= 15 is 0 Å². The molecule has 0 saturated carbocycles. The molecule has 1 atom stereocenters. The smallest absolute Gasteiger partial charge is 0.174 e. The van der Waals surface area contributed by atoms with Crippen molar-refractivity contribution in [2.45, 2.75) is 9.71 Å². The van der Waals surface area contributed by atoms with Crippen molar-refractivity contribution in [1.29, 1.82) is 5.26 Å². The average molecular weight is 207 g/mol. The van der Waals surface area contributed by atoms with Crippen LogP contribution >= 0.6 is 46.4 Å². The summed E-state index contributed by atoms with van der Waals surface area (Å²) in [5.41, 5.74) is 0. The molecule has 0 amide bonds. The summed E-state index contributed by atoms with van der Waals surface area (Å²) in [5.74, 6) is -0.0806. The van der Waals surface area contributed by atoms with E-state index in [4.69, 9.17) is 51.7 Å². The molecule has 0 aliphatic carbocycles. The highest BCUT2D eigenvalue weighted by Gasteiger charge is 2.33. The van der Waals surface area contributed by atoms with Crippen LogP contribution in [0.3, 0.4) is 0 Å². The molecule has 0 spiro atoms. The van der Waals surface area contributed by atoms with E-state index < -0.39 is 9.71 Å². The van der Waals surface area contributed by atoms with Crippen LogP contribution in [0.1, 0.15) is 0 Å². The Balaban J connectivity index is 4.14. The van der Waals surface area contributed by atoms with Gasteiger partial charge in [-0.15, -0.1) is 34.8 Å². The number of rotatable bonds is 2. The van der Waals surface area contributed by atoms with Gasteiger partial charge in [-0.05, 0) is 0 Å². The molecule has 0 radical (unpaired) electrons. The molecule has 52 valence electrons. The van der Waals surface area contributed by atoms with Crippen LogP contribution in [0.5, 0.6) is 0 Å². The molecule has 0 fully saturated rings. The zero-order valence-corrected chi connectivity index (χ0v) is 7.27. The highest BCUT2D eigenvalue weighted by Crippen LogP contribution is 2.27. The van der Waals surface area contributed by atoms with Gasteiger partial charge in [0.25, 0.3) is 0 Å². The fraction of sp³-hybridized carbons (Fsp3) is 0.750. The first-order valence-corrected chi connectivity index (χ1v) is 3.79. The maximum absolute atomic E-state index is 8.32. The molecule has 0 aromatic rings. The largest absolute Gasteiger partial charge is 0.196 e. The minimum Gasteiger partial charge on any atom is -0.196 e. The minimum absolute atomic E-state index is 0.0806. The third-order valence-corrected chi connectivity index (χ3v) is 2.69. The molecule has 5 heteroatoms. The van der Waals surface area contributed by atoms with E-state index in [1.165, 1.54) is 0 Å². The first kappa shape index (κ1) is 9.65. The summed E-state index contributed by atoms with van der Waals surface area (Å²) in [4.78, 5) is -2.30. The molecule has 1 nitrogen and oxygen atoms in total. The van der Waals surface area contributed by atoms with Crippen LogP contribution in [-0.2, 0) is 0 Å². The molecular weight excluding hydrogens is 204 g/mol. The minimum atomic E-state index is -1.34. The molecule has 9 heavy (non-hydrogen) atoms. The van der Waals surface area contributed by atoms with Crippen LogP contribution in [0.15, 0.2) is 0 Å². The lowest BCUT2D eigenvalue weighted by Gasteiger charge is -2.15. The van der Waals surface area contributed by atoms with Crippen LogP contribution < -0.4 is 0 Å². The Morgan fingerprint density at radius 2 is 2.00 bits per heavy atom. The van der Waals surface area contributed by atoms with Crippen molar-refractivity contribution in [2.75, 3.05) is 5.88 Å². The lowest BCUT2D eigenvalue weighted by molar-refractivity contribution is 0.871. The standard InChI is InChI=1S/C4H3Cl4N/c5-1-4(8,2-9)3(6)7/h3H,1H2/t4-/m1/s1. The topological polar surface area (TPSA) is 23.8 Å². The number of nitrogens with zero attached hydrogens (tertiary/aromatic N) is 1. The highest BCUT2D eigenvalue weighted by molar-refractivity contribution is 6.51. The molecule has 0 saturated heterocycles. The summed E-state index contributed by atoms with van der Waals surface area (Å²) in [6.45, 7) is 0. The molecule has 0 bridgehead atoms. The van der Waals surface area contributed by atoms with Gasteiger partial charge in [-0.2, -0.15) is 5.26 Å². The fourth-order valence-corrected chi connectivity index (χ4v) is 0.761. The Bertz CT molecular complexity index is 129. The maximum atomic E-state index is 8.32. The van der Waals surface area contributed by atoms with Gasteiger partial charge in [0.1, 0.15) is 4.84 Å². The van der Waals surface area contributed by atoms with Gasteiger partial charge in [0, 0.05) is 0 Å². The number of hydrogen-bond donors (Lipinski definition) is 0. The van der Waals surface area contributed by atoms with Gasteiger partial charge in [-0.25, -0.2) is 0 Å². The third-order valence-electron chi connectivity index (χ3n) is 0.726. The molecule has 0 aromatic carbocycles.